The van der Waals surface area contributed by atoms with Gasteiger partial charge in [-0.05, 0) is 29.5 Å². The third-order valence-electron chi connectivity index (χ3n) is 5.30. The van der Waals surface area contributed by atoms with Gasteiger partial charge in [0.25, 0.3) is 5.69 Å². The fourth-order valence-corrected chi connectivity index (χ4v) is 4.08. The van der Waals surface area contributed by atoms with Gasteiger partial charge in [0, 0.05) is 24.1 Å². The third-order valence-corrected chi connectivity index (χ3v) is 5.30. The van der Waals surface area contributed by atoms with Crippen molar-refractivity contribution in [1.29, 1.82) is 0 Å². The van der Waals surface area contributed by atoms with Gasteiger partial charge in [0.1, 0.15) is 11.5 Å². The lowest BCUT2D eigenvalue weighted by atomic mass is 9.76. The molecule has 0 fully saturated rings. The molecular weight excluding hydrogens is 332 g/mol. The zero-order valence-corrected chi connectivity index (χ0v) is 14.6. The number of non-ortho nitro benzene ring substituents is 1. The molecule has 0 saturated heterocycles. The second-order valence-corrected chi connectivity index (χ2v) is 6.62. The minimum absolute atomic E-state index is 0.0234. The molecule has 1 heterocycles. The molecule has 0 amide bonds. The number of allylic oxidation sites excluding steroid dienone is 2. The number of nitro groups is 1. The van der Waals surface area contributed by atoms with Crippen LogP contribution in [0, 0.1) is 16.0 Å². The van der Waals surface area contributed by atoms with Gasteiger partial charge in [0.15, 0.2) is 0 Å². The van der Waals surface area contributed by atoms with Crippen molar-refractivity contribution in [3.63, 3.8) is 0 Å². The summed E-state index contributed by atoms with van der Waals surface area (Å²) in [6, 6.07) is 10.8. The van der Waals surface area contributed by atoms with Crippen LogP contribution in [0.1, 0.15) is 29.5 Å². The van der Waals surface area contributed by atoms with Crippen LogP contribution in [0.15, 0.2) is 48.6 Å². The molecule has 0 bridgehead atoms. The average molecular weight is 352 g/mol. The summed E-state index contributed by atoms with van der Waals surface area (Å²) in [7, 11) is 3.28. The highest BCUT2D eigenvalue weighted by atomic mass is 16.6. The first-order chi connectivity index (χ1) is 12.6. The van der Waals surface area contributed by atoms with Crippen LogP contribution in [-0.4, -0.2) is 19.1 Å². The quantitative estimate of drug-likeness (QED) is 0.500. The van der Waals surface area contributed by atoms with Crippen LogP contribution >= 0.6 is 0 Å². The monoisotopic (exact) mass is 352 g/mol. The van der Waals surface area contributed by atoms with E-state index in [1.54, 1.807) is 26.4 Å². The molecule has 0 radical (unpaired) electrons. The Kier molecular flexibility index (Phi) is 4.03. The summed E-state index contributed by atoms with van der Waals surface area (Å²) in [4.78, 5) is 10.8. The number of anilines is 1. The summed E-state index contributed by atoms with van der Waals surface area (Å²) in [5, 5.41) is 14.8. The zero-order valence-electron chi connectivity index (χ0n) is 14.6. The molecule has 1 N–H and O–H groups in total. The van der Waals surface area contributed by atoms with Crippen molar-refractivity contribution in [3.05, 3.63) is 69.8 Å². The summed E-state index contributed by atoms with van der Waals surface area (Å²) in [5.74, 6) is 1.99. The van der Waals surface area contributed by atoms with Crippen LogP contribution in [-0.2, 0) is 0 Å². The molecule has 2 aromatic rings. The fraction of sp³-hybridized carbons (Fsp3) is 0.300. The number of nitro benzene ring substituents is 1. The van der Waals surface area contributed by atoms with Gasteiger partial charge in [-0.2, -0.15) is 0 Å². The first-order valence-electron chi connectivity index (χ1n) is 8.56. The van der Waals surface area contributed by atoms with Crippen LogP contribution in [0.25, 0.3) is 0 Å². The molecule has 2 aromatic carbocycles. The Labute approximate surface area is 151 Å². The molecule has 4 rings (SSSR count). The second kappa shape index (κ2) is 6.37. The van der Waals surface area contributed by atoms with Crippen LogP contribution in [0.4, 0.5) is 11.4 Å². The van der Waals surface area contributed by atoms with Gasteiger partial charge in [-0.1, -0.05) is 24.3 Å². The largest absolute Gasteiger partial charge is 0.497 e. The van der Waals surface area contributed by atoms with E-state index in [1.165, 1.54) is 6.07 Å². The minimum atomic E-state index is -0.351. The first-order valence-corrected chi connectivity index (χ1v) is 8.56. The second-order valence-electron chi connectivity index (χ2n) is 6.62. The van der Waals surface area contributed by atoms with Crippen LogP contribution < -0.4 is 14.8 Å². The Morgan fingerprint density at radius 1 is 1.19 bits per heavy atom. The fourth-order valence-electron chi connectivity index (χ4n) is 4.08. The van der Waals surface area contributed by atoms with Gasteiger partial charge in [-0.25, -0.2) is 0 Å². The number of fused-ring (bicyclic) bond motifs is 3. The van der Waals surface area contributed by atoms with E-state index in [-0.39, 0.29) is 22.6 Å². The SMILES string of the molecule is COc1cc(OC)c2c(c1)C1C=CCC1C(c1cccc([N+](=O)[O-])c1)N2. The lowest BCUT2D eigenvalue weighted by Gasteiger charge is -2.38. The smallest absolute Gasteiger partial charge is 0.269 e. The molecule has 0 saturated carbocycles. The summed E-state index contributed by atoms with van der Waals surface area (Å²) >= 11 is 0. The number of benzene rings is 2. The number of nitrogens with one attached hydrogen (secondary N) is 1. The Hall–Kier alpha value is -3.02. The molecule has 1 aliphatic heterocycles. The molecular formula is C20H20N2O4. The van der Waals surface area contributed by atoms with Gasteiger partial charge in [-0.3, -0.25) is 10.1 Å². The highest BCUT2D eigenvalue weighted by Gasteiger charge is 2.39. The van der Waals surface area contributed by atoms with E-state index in [1.807, 2.05) is 18.2 Å². The highest BCUT2D eigenvalue weighted by molar-refractivity contribution is 5.70. The number of methoxy groups -OCH3 is 2. The van der Waals surface area contributed by atoms with Gasteiger partial charge < -0.3 is 14.8 Å². The molecule has 26 heavy (non-hydrogen) atoms. The number of ether oxygens (including phenoxy) is 2. The highest BCUT2D eigenvalue weighted by Crippen LogP contribution is 2.53. The van der Waals surface area contributed by atoms with E-state index < -0.39 is 0 Å². The molecule has 1 aliphatic carbocycles. The minimum Gasteiger partial charge on any atom is -0.497 e. The van der Waals surface area contributed by atoms with Crippen molar-refractivity contribution >= 4 is 11.4 Å². The lowest BCUT2D eigenvalue weighted by Crippen LogP contribution is -2.29. The van der Waals surface area contributed by atoms with Crippen molar-refractivity contribution < 1.29 is 14.4 Å². The molecule has 3 atom stereocenters. The average Bonchev–Trinajstić information content (AvgIpc) is 3.16. The maximum absolute atomic E-state index is 11.2. The standard InChI is InChI=1S/C20H20N2O4/c1-25-14-10-17-15-7-4-8-16(15)19(21-20(17)18(11-14)26-2)12-5-3-6-13(9-12)22(23)24/h3-7,9-11,15-16,19,21H,8H2,1-2H3. The molecule has 6 heteroatoms. The zero-order chi connectivity index (χ0) is 18.3. The predicted octanol–water partition coefficient (Wildman–Crippen LogP) is 4.44. The maximum Gasteiger partial charge on any atom is 0.269 e. The van der Waals surface area contributed by atoms with Crippen molar-refractivity contribution in [2.45, 2.75) is 18.4 Å². The topological polar surface area (TPSA) is 73.6 Å². The number of hydrogen-bond donors (Lipinski definition) is 1. The summed E-state index contributed by atoms with van der Waals surface area (Å²) in [5.41, 5.74) is 3.10. The van der Waals surface area contributed by atoms with Crippen LogP contribution in [0.5, 0.6) is 11.5 Å². The summed E-state index contributed by atoms with van der Waals surface area (Å²) < 4.78 is 11.0. The van der Waals surface area contributed by atoms with Crippen LogP contribution in [0.2, 0.25) is 0 Å². The van der Waals surface area contributed by atoms with Gasteiger partial charge in [-0.15, -0.1) is 0 Å². The first kappa shape index (κ1) is 16.4. The van der Waals surface area contributed by atoms with E-state index in [9.17, 15) is 10.1 Å². The lowest BCUT2D eigenvalue weighted by molar-refractivity contribution is -0.384. The van der Waals surface area contributed by atoms with E-state index in [2.05, 4.69) is 17.5 Å². The van der Waals surface area contributed by atoms with Crippen molar-refractivity contribution in [2.24, 2.45) is 5.92 Å². The Bertz CT molecular complexity index is 893. The molecule has 0 aromatic heterocycles. The van der Waals surface area contributed by atoms with Gasteiger partial charge in [0.05, 0.1) is 30.9 Å². The summed E-state index contributed by atoms with van der Waals surface area (Å²) in [6.45, 7) is 0. The van der Waals surface area contributed by atoms with Crippen LogP contribution in [0.3, 0.4) is 0 Å². The van der Waals surface area contributed by atoms with E-state index in [0.29, 0.717) is 11.7 Å². The number of hydrogen-bond acceptors (Lipinski definition) is 5. The Morgan fingerprint density at radius 3 is 2.77 bits per heavy atom. The predicted molar refractivity (Wildman–Crippen MR) is 99.0 cm³/mol. The number of nitrogens with zero attached hydrogens (tertiary/aromatic N) is 1. The normalized spacial score (nSPS) is 22.9. The molecule has 2 aliphatic rings. The van der Waals surface area contributed by atoms with Gasteiger partial charge >= 0.3 is 0 Å². The van der Waals surface area contributed by atoms with E-state index in [4.69, 9.17) is 9.47 Å². The number of rotatable bonds is 4. The van der Waals surface area contributed by atoms with Crippen molar-refractivity contribution in [3.8, 4) is 11.5 Å². The molecule has 3 unspecified atom stereocenters. The van der Waals surface area contributed by atoms with E-state index >= 15 is 0 Å². The Morgan fingerprint density at radius 2 is 2.04 bits per heavy atom. The van der Waals surface area contributed by atoms with E-state index in [0.717, 1.165) is 29.0 Å². The molecule has 134 valence electrons. The van der Waals surface area contributed by atoms with Crippen molar-refractivity contribution in [1.82, 2.24) is 0 Å². The van der Waals surface area contributed by atoms with Crippen molar-refractivity contribution in [2.75, 3.05) is 19.5 Å². The maximum atomic E-state index is 11.2. The third kappa shape index (κ3) is 2.58. The molecule has 6 nitrogen and oxygen atoms in total. The summed E-state index contributed by atoms with van der Waals surface area (Å²) in [6.07, 6.45) is 5.32. The Balaban J connectivity index is 1.82. The van der Waals surface area contributed by atoms with Gasteiger partial charge in [0.2, 0.25) is 0 Å². The molecule has 0 spiro atoms.